The predicted octanol–water partition coefficient (Wildman–Crippen LogP) is 5.17. The van der Waals surface area contributed by atoms with Gasteiger partial charge in [-0.15, -0.1) is 11.3 Å². The van der Waals surface area contributed by atoms with Crippen molar-refractivity contribution in [2.75, 3.05) is 26.6 Å². The third-order valence-corrected chi connectivity index (χ3v) is 8.14. The van der Waals surface area contributed by atoms with Gasteiger partial charge in [-0.25, -0.2) is 0 Å². The number of benzene rings is 3. The summed E-state index contributed by atoms with van der Waals surface area (Å²) >= 11 is 1.20. The Hall–Kier alpha value is -4.67. The van der Waals surface area contributed by atoms with Crippen LogP contribution in [-0.2, 0) is 17.8 Å². The second-order valence-electron chi connectivity index (χ2n) is 9.58. The molecule has 214 valence electrons. The van der Waals surface area contributed by atoms with Crippen molar-refractivity contribution in [2.45, 2.75) is 20.0 Å². The number of hydrogen-bond donors (Lipinski definition) is 1. The first-order valence-corrected chi connectivity index (χ1v) is 14.4. The number of aromatic nitrogens is 1. The number of carbonyl (C=O) groups is 2. The van der Waals surface area contributed by atoms with E-state index < -0.39 is 5.56 Å². The molecule has 0 fully saturated rings. The Morgan fingerprint density at radius 1 is 0.976 bits per heavy atom. The Morgan fingerprint density at radius 3 is 2.60 bits per heavy atom. The highest BCUT2D eigenvalue weighted by molar-refractivity contribution is 7.22. The average Bonchev–Trinajstić information content (AvgIpc) is 3.65. The van der Waals surface area contributed by atoms with Gasteiger partial charge in [-0.05, 0) is 30.7 Å². The van der Waals surface area contributed by atoms with Gasteiger partial charge < -0.3 is 24.3 Å². The molecule has 9 nitrogen and oxygen atoms in total. The summed E-state index contributed by atoms with van der Waals surface area (Å²) < 4.78 is 24.4. The van der Waals surface area contributed by atoms with Crippen molar-refractivity contribution in [1.82, 2.24) is 9.88 Å². The molecule has 0 saturated carbocycles. The fourth-order valence-corrected chi connectivity index (χ4v) is 6.10. The Labute approximate surface area is 245 Å². The van der Waals surface area contributed by atoms with Gasteiger partial charge in [0.2, 0.25) is 6.79 Å². The number of nitrogens with zero attached hydrogens (tertiary/aromatic N) is 1. The van der Waals surface area contributed by atoms with Gasteiger partial charge in [-0.3, -0.25) is 19.0 Å². The summed E-state index contributed by atoms with van der Waals surface area (Å²) in [6.07, 6.45) is 0. The molecule has 2 aromatic heterocycles. The molecule has 1 aliphatic heterocycles. The van der Waals surface area contributed by atoms with Gasteiger partial charge in [0.25, 0.3) is 11.5 Å². The zero-order valence-corrected chi connectivity index (χ0v) is 23.7. The van der Waals surface area contributed by atoms with Gasteiger partial charge in [0.05, 0.1) is 23.4 Å². The highest BCUT2D eigenvalue weighted by Crippen LogP contribution is 2.40. The standard InChI is InChI=1S/C32H28N2O7S/c1-2-38-14-15-39-28-27-29(42-30(28)31(36)33-17-20-12-13-25-26(16-20)41-19-40-25)22-10-6-7-11-23(22)34(32(27)37)18-24(35)21-8-4-3-5-9-21/h3-13,16H,2,14-15,17-19H2,1H3,(H,33,36). The predicted molar refractivity (Wildman–Crippen MR) is 160 cm³/mol. The lowest BCUT2D eigenvalue weighted by Gasteiger charge is -2.12. The molecule has 3 aromatic carbocycles. The highest BCUT2D eigenvalue weighted by Gasteiger charge is 2.26. The number of ether oxygens (including phenoxy) is 4. The number of para-hydroxylation sites is 1. The van der Waals surface area contributed by atoms with Crippen LogP contribution in [0, 0.1) is 0 Å². The van der Waals surface area contributed by atoms with Crippen molar-refractivity contribution in [1.29, 1.82) is 0 Å². The summed E-state index contributed by atoms with van der Waals surface area (Å²) in [7, 11) is 0. The molecule has 1 aliphatic rings. The molecule has 0 bridgehead atoms. The van der Waals surface area contributed by atoms with Crippen LogP contribution in [0.3, 0.4) is 0 Å². The first kappa shape index (κ1) is 27.5. The lowest BCUT2D eigenvalue weighted by Crippen LogP contribution is -2.25. The van der Waals surface area contributed by atoms with Crippen LogP contribution in [0.1, 0.15) is 32.5 Å². The number of thiophene rings is 1. The van der Waals surface area contributed by atoms with E-state index in [9.17, 15) is 14.4 Å². The normalized spacial score (nSPS) is 12.1. The fraction of sp³-hybridized carbons (Fsp3) is 0.219. The van der Waals surface area contributed by atoms with E-state index in [1.165, 1.54) is 15.9 Å². The summed E-state index contributed by atoms with van der Waals surface area (Å²) in [5.74, 6) is 0.900. The molecule has 0 saturated heterocycles. The summed E-state index contributed by atoms with van der Waals surface area (Å²) in [5.41, 5.74) is 1.55. The maximum atomic E-state index is 14.1. The van der Waals surface area contributed by atoms with Crippen molar-refractivity contribution in [3.8, 4) is 17.2 Å². The van der Waals surface area contributed by atoms with Crippen LogP contribution in [0.2, 0.25) is 0 Å². The number of amides is 1. The molecule has 10 heteroatoms. The monoisotopic (exact) mass is 584 g/mol. The summed E-state index contributed by atoms with van der Waals surface area (Å²) in [6.45, 7) is 3.08. The number of hydrogen-bond acceptors (Lipinski definition) is 8. The van der Waals surface area contributed by atoms with E-state index in [0.717, 1.165) is 10.9 Å². The maximum absolute atomic E-state index is 14.1. The van der Waals surface area contributed by atoms with E-state index >= 15 is 0 Å². The highest BCUT2D eigenvalue weighted by atomic mass is 32.1. The molecular weight excluding hydrogens is 556 g/mol. The number of carbonyl (C=O) groups excluding carboxylic acids is 2. The minimum absolute atomic E-state index is 0.150. The van der Waals surface area contributed by atoms with E-state index in [1.54, 1.807) is 30.3 Å². The van der Waals surface area contributed by atoms with Crippen LogP contribution >= 0.6 is 11.3 Å². The van der Waals surface area contributed by atoms with Gasteiger partial charge in [0, 0.05) is 24.1 Å². The van der Waals surface area contributed by atoms with E-state index in [0.29, 0.717) is 40.5 Å². The van der Waals surface area contributed by atoms with E-state index in [-0.39, 0.29) is 54.2 Å². The van der Waals surface area contributed by atoms with Crippen LogP contribution < -0.4 is 25.1 Å². The van der Waals surface area contributed by atoms with E-state index in [1.807, 2.05) is 49.4 Å². The summed E-state index contributed by atoms with van der Waals surface area (Å²) in [4.78, 5) is 41.2. The van der Waals surface area contributed by atoms with Crippen LogP contribution in [0.4, 0.5) is 0 Å². The maximum Gasteiger partial charge on any atom is 0.265 e. The van der Waals surface area contributed by atoms with Crippen molar-refractivity contribution in [3.63, 3.8) is 0 Å². The van der Waals surface area contributed by atoms with Crippen molar-refractivity contribution < 1.29 is 28.5 Å². The van der Waals surface area contributed by atoms with Crippen LogP contribution in [0.15, 0.2) is 77.6 Å². The second kappa shape index (κ2) is 12.1. The second-order valence-corrected chi connectivity index (χ2v) is 10.6. The van der Waals surface area contributed by atoms with Crippen molar-refractivity contribution in [2.24, 2.45) is 0 Å². The molecule has 0 unspecified atom stereocenters. The topological polar surface area (TPSA) is 105 Å². The number of fused-ring (bicyclic) bond motifs is 4. The molecule has 0 spiro atoms. The molecule has 1 N–H and O–H groups in total. The third-order valence-electron chi connectivity index (χ3n) is 6.93. The van der Waals surface area contributed by atoms with Gasteiger partial charge in [-0.2, -0.15) is 0 Å². The summed E-state index contributed by atoms with van der Waals surface area (Å²) in [6, 6.07) is 21.7. The smallest absolute Gasteiger partial charge is 0.265 e. The Morgan fingerprint density at radius 2 is 1.76 bits per heavy atom. The molecule has 42 heavy (non-hydrogen) atoms. The quantitative estimate of drug-likeness (QED) is 0.169. The largest absolute Gasteiger partial charge is 0.489 e. The number of pyridine rings is 1. The zero-order valence-electron chi connectivity index (χ0n) is 22.9. The third kappa shape index (κ3) is 5.34. The van der Waals surface area contributed by atoms with E-state index in [2.05, 4.69) is 5.32 Å². The van der Waals surface area contributed by atoms with Crippen molar-refractivity contribution >= 4 is 44.0 Å². The Balaban J connectivity index is 1.41. The number of ketones is 1. The number of nitrogens with one attached hydrogen (secondary N) is 1. The summed E-state index contributed by atoms with van der Waals surface area (Å²) in [5, 5.41) is 3.97. The van der Waals surface area contributed by atoms with Crippen LogP contribution in [0.5, 0.6) is 17.2 Å². The van der Waals surface area contributed by atoms with Gasteiger partial charge in [0.15, 0.2) is 23.0 Å². The van der Waals surface area contributed by atoms with Gasteiger partial charge >= 0.3 is 0 Å². The number of Topliss-reactive ketones (excluding diaryl/α,β-unsaturated/α-hetero) is 1. The first-order chi connectivity index (χ1) is 20.5. The number of rotatable bonds is 11. The molecule has 0 aliphatic carbocycles. The Bertz CT molecular complexity index is 1850. The lowest BCUT2D eigenvalue weighted by molar-refractivity contribution is 0.0938. The first-order valence-electron chi connectivity index (χ1n) is 13.6. The molecule has 0 atom stereocenters. The molecule has 0 radical (unpaired) electrons. The minimum atomic E-state index is -0.398. The average molecular weight is 585 g/mol. The molecular formula is C32H28N2O7S. The van der Waals surface area contributed by atoms with Crippen LogP contribution in [-0.4, -0.2) is 42.9 Å². The molecule has 3 heterocycles. The van der Waals surface area contributed by atoms with E-state index in [4.69, 9.17) is 18.9 Å². The minimum Gasteiger partial charge on any atom is -0.489 e. The zero-order chi connectivity index (χ0) is 29.1. The SMILES string of the molecule is CCOCCOc1c(C(=O)NCc2ccc3c(c2)OCO3)sc2c1c(=O)n(CC(=O)c1ccccc1)c1ccccc21. The van der Waals surface area contributed by atoms with Crippen LogP contribution in [0.25, 0.3) is 21.0 Å². The van der Waals surface area contributed by atoms with Crippen molar-refractivity contribution in [3.05, 3.63) is 99.2 Å². The lowest BCUT2D eigenvalue weighted by atomic mass is 10.1. The van der Waals surface area contributed by atoms with Gasteiger partial charge in [-0.1, -0.05) is 54.6 Å². The molecule has 1 amide bonds. The fourth-order valence-electron chi connectivity index (χ4n) is 4.91. The molecule has 6 rings (SSSR count). The van der Waals surface area contributed by atoms with Gasteiger partial charge in [0.1, 0.15) is 16.9 Å². The Kier molecular flexibility index (Phi) is 7.89. The molecule has 5 aromatic rings.